The molecule has 3 unspecified atom stereocenters. The number of hydrogen-bond acceptors (Lipinski definition) is 7. The Labute approximate surface area is 126 Å². The number of carbonyl (C=O) groups excluding carboxylic acids is 1. The third kappa shape index (κ3) is 3.66. The summed E-state index contributed by atoms with van der Waals surface area (Å²) >= 11 is 0. The topological polar surface area (TPSA) is 149 Å². The molecule has 0 saturated carbocycles. The minimum atomic E-state index is -4.70. The van der Waals surface area contributed by atoms with Crippen LogP contribution in [0.1, 0.15) is 13.8 Å². The second-order valence-electron chi connectivity index (χ2n) is 5.24. The number of nitrogens with zero attached hydrogens (tertiary/aromatic N) is 1. The first-order chi connectivity index (χ1) is 10.1. The van der Waals surface area contributed by atoms with Gasteiger partial charge in [0.05, 0.1) is 6.61 Å². The first kappa shape index (κ1) is 17.4. The number of aliphatic hydroxyl groups is 2. The molecule has 5 atom stereocenters. The zero-order valence-corrected chi connectivity index (χ0v) is 12.9. The maximum absolute atomic E-state index is 11.5. The fourth-order valence-electron chi connectivity index (χ4n) is 2.35. The average molecular weight is 338 g/mol. The van der Waals surface area contributed by atoms with Crippen LogP contribution in [0.4, 0.5) is 0 Å². The van der Waals surface area contributed by atoms with Gasteiger partial charge in [0.25, 0.3) is 0 Å². The highest BCUT2D eigenvalue weighted by Crippen LogP contribution is 2.37. The summed E-state index contributed by atoms with van der Waals surface area (Å²) in [5, 5.41) is 22.6. The fourth-order valence-corrected chi connectivity index (χ4v) is 2.69. The zero-order valence-electron chi connectivity index (χ0n) is 12.0. The van der Waals surface area contributed by atoms with Crippen molar-refractivity contribution in [3.05, 3.63) is 11.8 Å². The summed E-state index contributed by atoms with van der Waals surface area (Å²) in [5.74, 6) is -0.252. The van der Waals surface area contributed by atoms with Gasteiger partial charge < -0.3 is 35.0 Å². The second-order valence-corrected chi connectivity index (χ2v) is 6.48. The lowest BCUT2D eigenvalue weighted by Gasteiger charge is -2.38. The molecule has 5 N–H and O–H groups in total. The van der Waals surface area contributed by atoms with Gasteiger partial charge in [-0.2, -0.15) is 0 Å². The van der Waals surface area contributed by atoms with Crippen molar-refractivity contribution in [1.29, 1.82) is 0 Å². The molecule has 0 bridgehead atoms. The van der Waals surface area contributed by atoms with Crippen LogP contribution in [0.15, 0.2) is 11.8 Å². The van der Waals surface area contributed by atoms with Gasteiger partial charge in [0.15, 0.2) is 6.23 Å². The molecule has 0 aromatic heterocycles. The van der Waals surface area contributed by atoms with E-state index in [4.69, 9.17) is 14.5 Å². The average Bonchev–Trinajstić information content (AvgIpc) is 2.68. The van der Waals surface area contributed by atoms with E-state index in [0.29, 0.717) is 5.57 Å². The molecular formula is C11H19N2O8P. The van der Waals surface area contributed by atoms with Crippen molar-refractivity contribution in [3.63, 3.8) is 0 Å². The lowest BCUT2D eigenvalue weighted by Crippen LogP contribution is -2.55. The van der Waals surface area contributed by atoms with Crippen LogP contribution in [0, 0.1) is 0 Å². The quantitative estimate of drug-likeness (QED) is 0.375. The van der Waals surface area contributed by atoms with Crippen molar-refractivity contribution >= 4 is 13.7 Å². The molecule has 2 rings (SSSR count). The van der Waals surface area contributed by atoms with Crippen molar-refractivity contribution in [3.8, 4) is 0 Å². The van der Waals surface area contributed by atoms with Gasteiger partial charge in [0.1, 0.15) is 24.5 Å². The van der Waals surface area contributed by atoms with Crippen LogP contribution in [0.25, 0.3) is 0 Å². The summed E-state index contributed by atoms with van der Waals surface area (Å²) in [6.45, 7) is 2.68. The first-order valence-corrected chi connectivity index (χ1v) is 8.11. The number of ether oxygens (including phenoxy) is 1. The van der Waals surface area contributed by atoms with Crippen LogP contribution in [0.3, 0.4) is 0 Å². The maximum atomic E-state index is 11.5. The Morgan fingerprint density at radius 2 is 2.05 bits per heavy atom. The van der Waals surface area contributed by atoms with Crippen LogP contribution in [0.2, 0.25) is 0 Å². The minimum absolute atomic E-state index is 0.252. The van der Waals surface area contributed by atoms with E-state index in [-0.39, 0.29) is 5.91 Å². The van der Waals surface area contributed by atoms with Crippen LogP contribution in [0.5, 0.6) is 0 Å². The molecule has 1 amide bonds. The van der Waals surface area contributed by atoms with Gasteiger partial charge in [0.2, 0.25) is 5.91 Å². The Balaban J connectivity index is 2.09. The molecule has 10 nitrogen and oxygen atoms in total. The van der Waals surface area contributed by atoms with Gasteiger partial charge >= 0.3 is 7.82 Å². The van der Waals surface area contributed by atoms with Gasteiger partial charge in [-0.05, 0) is 13.8 Å². The van der Waals surface area contributed by atoms with E-state index in [1.807, 2.05) is 0 Å². The number of rotatable bonds is 4. The molecule has 2 aliphatic heterocycles. The van der Waals surface area contributed by atoms with Crippen LogP contribution >= 0.6 is 7.82 Å². The van der Waals surface area contributed by atoms with Gasteiger partial charge in [-0.3, -0.25) is 9.32 Å². The molecule has 0 radical (unpaired) electrons. The molecule has 0 spiro atoms. The fraction of sp³-hybridized carbons (Fsp3) is 0.727. The number of amides is 1. The molecular weight excluding hydrogens is 319 g/mol. The highest BCUT2D eigenvalue weighted by Gasteiger charge is 2.47. The van der Waals surface area contributed by atoms with Crippen molar-refractivity contribution in [1.82, 2.24) is 10.2 Å². The third-order valence-corrected chi connectivity index (χ3v) is 4.01. The predicted molar refractivity (Wildman–Crippen MR) is 71.9 cm³/mol. The molecule has 126 valence electrons. The van der Waals surface area contributed by atoms with Crippen molar-refractivity contribution in [2.75, 3.05) is 6.61 Å². The summed E-state index contributed by atoms with van der Waals surface area (Å²) < 4.78 is 20.4. The number of phosphoric ester groups is 1. The van der Waals surface area contributed by atoms with Crippen molar-refractivity contribution < 1.29 is 38.6 Å². The zero-order chi connectivity index (χ0) is 16.7. The summed E-state index contributed by atoms with van der Waals surface area (Å²) in [6, 6.07) is 0. The molecule has 2 aliphatic rings. The Hall–Kier alpha value is -1.00. The van der Waals surface area contributed by atoms with Crippen molar-refractivity contribution in [2.45, 2.75) is 44.6 Å². The molecule has 1 saturated heterocycles. The van der Waals surface area contributed by atoms with E-state index in [9.17, 15) is 19.6 Å². The van der Waals surface area contributed by atoms with Crippen molar-refractivity contribution in [2.24, 2.45) is 0 Å². The molecule has 0 aliphatic carbocycles. The lowest BCUT2D eigenvalue weighted by atomic mass is 10.1. The predicted octanol–water partition coefficient (Wildman–Crippen LogP) is -1.78. The van der Waals surface area contributed by atoms with E-state index < -0.39 is 45.1 Å². The minimum Gasteiger partial charge on any atom is -0.387 e. The summed E-state index contributed by atoms with van der Waals surface area (Å²) in [4.78, 5) is 30.4. The maximum Gasteiger partial charge on any atom is 0.469 e. The molecule has 0 aromatic carbocycles. The second kappa shape index (κ2) is 6.25. The normalized spacial score (nSPS) is 36.3. The molecule has 2 heterocycles. The van der Waals surface area contributed by atoms with Crippen LogP contribution in [-0.4, -0.2) is 68.1 Å². The number of carbonyl (C=O) groups is 1. The number of nitrogens with one attached hydrogen (secondary N) is 1. The van der Waals surface area contributed by atoms with Gasteiger partial charge in [0, 0.05) is 11.8 Å². The SMILES string of the molecule is CC1=CN([C@@H]2O[C@H](COP(=O)(O)O)C(O)C2O)C(C)NC1=O. The largest absolute Gasteiger partial charge is 0.469 e. The van der Waals surface area contributed by atoms with Crippen LogP contribution in [-0.2, 0) is 18.6 Å². The van der Waals surface area contributed by atoms with E-state index in [0.717, 1.165) is 0 Å². The van der Waals surface area contributed by atoms with E-state index in [2.05, 4.69) is 9.84 Å². The molecule has 0 aromatic rings. The smallest absolute Gasteiger partial charge is 0.387 e. The summed E-state index contributed by atoms with van der Waals surface area (Å²) in [5.41, 5.74) is 0.401. The van der Waals surface area contributed by atoms with Gasteiger partial charge in [-0.1, -0.05) is 0 Å². The van der Waals surface area contributed by atoms with E-state index >= 15 is 0 Å². The molecule has 1 fully saturated rings. The number of hydrogen-bond donors (Lipinski definition) is 5. The Kier molecular flexibility index (Phi) is 4.93. The highest BCUT2D eigenvalue weighted by atomic mass is 31.2. The Morgan fingerprint density at radius 1 is 1.41 bits per heavy atom. The third-order valence-electron chi connectivity index (χ3n) is 3.53. The Morgan fingerprint density at radius 3 is 2.64 bits per heavy atom. The summed E-state index contributed by atoms with van der Waals surface area (Å²) in [6.07, 6.45) is -3.78. The monoisotopic (exact) mass is 338 g/mol. The van der Waals surface area contributed by atoms with E-state index in [1.54, 1.807) is 13.8 Å². The highest BCUT2D eigenvalue weighted by molar-refractivity contribution is 7.46. The van der Waals surface area contributed by atoms with Gasteiger partial charge in [-0.15, -0.1) is 0 Å². The molecule has 11 heteroatoms. The first-order valence-electron chi connectivity index (χ1n) is 6.58. The Bertz CT molecular complexity index is 520. The number of aliphatic hydroxyl groups excluding tert-OH is 2. The van der Waals surface area contributed by atoms with Gasteiger partial charge in [-0.25, -0.2) is 4.57 Å². The molecule has 22 heavy (non-hydrogen) atoms. The number of phosphoric acid groups is 1. The standard InChI is InChI=1S/C11H19N2O8P/c1-5-3-13(6(2)12-10(5)16)11-9(15)8(14)7(21-11)4-20-22(17,18)19/h3,6-9,11,14-15H,4H2,1-2H3,(H,12,16)(H2,17,18,19)/t6?,7-,8?,9?,11-/m1/s1. The summed E-state index contributed by atoms with van der Waals surface area (Å²) in [7, 11) is -4.70. The van der Waals surface area contributed by atoms with Crippen LogP contribution < -0.4 is 5.32 Å². The van der Waals surface area contributed by atoms with E-state index in [1.165, 1.54) is 11.1 Å². The lowest BCUT2D eigenvalue weighted by molar-refractivity contribution is -0.127.